The largest absolute Gasteiger partial charge is 0.481 e. The van der Waals surface area contributed by atoms with E-state index in [1.165, 1.54) is 13.3 Å². The van der Waals surface area contributed by atoms with Gasteiger partial charge in [-0.2, -0.15) is 0 Å². The third-order valence-corrected chi connectivity index (χ3v) is 4.05. The second-order valence-corrected chi connectivity index (χ2v) is 7.25. The van der Waals surface area contributed by atoms with Crippen molar-refractivity contribution in [3.05, 3.63) is 24.1 Å². The molecule has 1 N–H and O–H groups in total. The quantitative estimate of drug-likeness (QED) is 0.905. The van der Waals surface area contributed by atoms with Crippen molar-refractivity contribution in [1.29, 1.82) is 0 Å². The fourth-order valence-electron chi connectivity index (χ4n) is 2.98. The number of ether oxygens (including phenoxy) is 2. The molecule has 2 aromatic rings. The summed E-state index contributed by atoms with van der Waals surface area (Å²) in [5, 5.41) is 2.84. The Labute approximate surface area is 151 Å². The number of alkyl carbamates (subject to hydrolysis) is 1. The molecule has 3 heterocycles. The number of methoxy groups -OCH3 is 1. The molecule has 2 aromatic heterocycles. The van der Waals surface area contributed by atoms with Crippen LogP contribution in [-0.4, -0.2) is 47.9 Å². The van der Waals surface area contributed by atoms with Crippen LogP contribution in [0.5, 0.6) is 5.88 Å². The maximum absolute atomic E-state index is 14.5. The topological polar surface area (TPSA) is 76.6 Å². The van der Waals surface area contributed by atoms with Gasteiger partial charge in [0, 0.05) is 19.2 Å². The molecular formula is C18H23FN4O3. The lowest BCUT2D eigenvalue weighted by molar-refractivity contribution is 0.0509. The predicted octanol–water partition coefficient (Wildman–Crippen LogP) is 2.88. The number of pyridine rings is 2. The second-order valence-electron chi connectivity index (χ2n) is 7.25. The van der Waals surface area contributed by atoms with Crippen molar-refractivity contribution in [2.75, 3.05) is 25.1 Å². The van der Waals surface area contributed by atoms with Crippen molar-refractivity contribution in [2.45, 2.75) is 38.8 Å². The molecular weight excluding hydrogens is 339 g/mol. The van der Waals surface area contributed by atoms with E-state index in [-0.39, 0.29) is 6.04 Å². The van der Waals surface area contributed by atoms with Crippen LogP contribution in [0.2, 0.25) is 0 Å². The van der Waals surface area contributed by atoms with E-state index < -0.39 is 17.5 Å². The molecule has 0 bridgehead atoms. The van der Waals surface area contributed by atoms with E-state index in [1.807, 2.05) is 25.7 Å². The van der Waals surface area contributed by atoms with E-state index in [4.69, 9.17) is 9.47 Å². The van der Waals surface area contributed by atoms with Crippen molar-refractivity contribution in [3.63, 3.8) is 0 Å². The minimum atomic E-state index is -0.559. The predicted molar refractivity (Wildman–Crippen MR) is 96.0 cm³/mol. The third-order valence-electron chi connectivity index (χ3n) is 4.05. The van der Waals surface area contributed by atoms with Crippen LogP contribution < -0.4 is 15.0 Å². The Morgan fingerprint density at radius 1 is 1.38 bits per heavy atom. The summed E-state index contributed by atoms with van der Waals surface area (Å²) in [6.45, 7) is 6.49. The van der Waals surface area contributed by atoms with Crippen molar-refractivity contribution in [3.8, 4) is 5.88 Å². The van der Waals surface area contributed by atoms with Gasteiger partial charge in [0.05, 0.1) is 24.9 Å². The highest BCUT2D eigenvalue weighted by atomic mass is 19.1. The van der Waals surface area contributed by atoms with Crippen LogP contribution >= 0.6 is 0 Å². The summed E-state index contributed by atoms with van der Waals surface area (Å²) in [6, 6.07) is 3.31. The number of halogens is 1. The number of hydrogen-bond donors (Lipinski definition) is 1. The zero-order valence-corrected chi connectivity index (χ0v) is 15.4. The average molecular weight is 362 g/mol. The normalized spacial score (nSPS) is 17.4. The third kappa shape index (κ3) is 3.95. The van der Waals surface area contributed by atoms with Gasteiger partial charge in [-0.3, -0.25) is 4.98 Å². The zero-order chi connectivity index (χ0) is 18.9. The fraction of sp³-hybridized carbons (Fsp3) is 0.500. The van der Waals surface area contributed by atoms with Gasteiger partial charge in [0.25, 0.3) is 0 Å². The molecule has 140 valence electrons. The van der Waals surface area contributed by atoms with E-state index in [0.29, 0.717) is 42.1 Å². The second kappa shape index (κ2) is 6.93. The van der Waals surface area contributed by atoms with Crippen molar-refractivity contribution in [1.82, 2.24) is 15.3 Å². The lowest BCUT2D eigenvalue weighted by Gasteiger charge is -2.23. The van der Waals surface area contributed by atoms with Gasteiger partial charge in [-0.05, 0) is 33.3 Å². The van der Waals surface area contributed by atoms with Gasteiger partial charge >= 0.3 is 6.09 Å². The highest BCUT2D eigenvalue weighted by molar-refractivity contribution is 5.88. The summed E-state index contributed by atoms with van der Waals surface area (Å²) < 4.78 is 25.0. The Kier molecular flexibility index (Phi) is 4.84. The monoisotopic (exact) mass is 362 g/mol. The first kappa shape index (κ1) is 18.2. The Hall–Kier alpha value is -2.64. The minimum Gasteiger partial charge on any atom is -0.481 e. The molecule has 1 aliphatic rings. The molecule has 0 spiro atoms. The molecule has 1 atom stereocenters. The van der Waals surface area contributed by atoms with Crippen LogP contribution in [0.25, 0.3) is 11.0 Å². The van der Waals surface area contributed by atoms with Crippen molar-refractivity contribution < 1.29 is 18.7 Å². The van der Waals surface area contributed by atoms with E-state index in [2.05, 4.69) is 15.3 Å². The molecule has 3 rings (SSSR count). The van der Waals surface area contributed by atoms with Crippen LogP contribution in [0.15, 0.2) is 18.3 Å². The SMILES string of the molecule is COc1ccc2ncc(F)c(N3CC[C@H](NC(=O)OC(C)(C)C)C3)c2n1. The number of amides is 1. The van der Waals surface area contributed by atoms with Crippen LogP contribution in [0.1, 0.15) is 27.2 Å². The Balaban J connectivity index is 1.80. The molecule has 26 heavy (non-hydrogen) atoms. The standard InChI is InChI=1S/C18H23FN4O3/c1-18(2,3)26-17(24)21-11-7-8-23(10-11)16-12(19)9-20-13-5-6-14(25-4)22-15(13)16/h5-6,9,11H,7-8,10H2,1-4H3,(H,21,24)/t11-/m0/s1. The Morgan fingerprint density at radius 2 is 2.15 bits per heavy atom. The number of anilines is 1. The van der Waals surface area contributed by atoms with E-state index in [1.54, 1.807) is 12.1 Å². The first-order valence-electron chi connectivity index (χ1n) is 8.50. The Morgan fingerprint density at radius 3 is 2.85 bits per heavy atom. The van der Waals surface area contributed by atoms with Crippen LogP contribution in [0.4, 0.5) is 14.9 Å². The molecule has 7 nitrogen and oxygen atoms in total. The molecule has 0 radical (unpaired) electrons. The van der Waals surface area contributed by atoms with E-state index >= 15 is 0 Å². The van der Waals surface area contributed by atoms with E-state index in [9.17, 15) is 9.18 Å². The molecule has 1 saturated heterocycles. The number of nitrogens with zero attached hydrogens (tertiary/aromatic N) is 3. The summed E-state index contributed by atoms with van der Waals surface area (Å²) in [5.74, 6) is -0.0510. The first-order valence-corrected chi connectivity index (χ1v) is 8.50. The molecule has 0 saturated carbocycles. The number of aromatic nitrogens is 2. The molecule has 1 amide bonds. The van der Waals surface area contributed by atoms with Gasteiger partial charge in [0.2, 0.25) is 5.88 Å². The van der Waals surface area contributed by atoms with Crippen LogP contribution in [0, 0.1) is 5.82 Å². The Bertz CT molecular complexity index is 822. The molecule has 1 fully saturated rings. The summed E-state index contributed by atoms with van der Waals surface area (Å²) in [6.07, 6.45) is 1.41. The van der Waals surface area contributed by atoms with Gasteiger partial charge in [0.1, 0.15) is 16.8 Å². The highest BCUT2D eigenvalue weighted by Gasteiger charge is 2.29. The molecule has 0 aromatic carbocycles. The smallest absolute Gasteiger partial charge is 0.407 e. The van der Waals surface area contributed by atoms with Gasteiger partial charge in [-0.25, -0.2) is 14.2 Å². The highest BCUT2D eigenvalue weighted by Crippen LogP contribution is 2.31. The molecule has 1 aliphatic heterocycles. The zero-order valence-electron chi connectivity index (χ0n) is 15.4. The van der Waals surface area contributed by atoms with Gasteiger partial charge in [-0.1, -0.05) is 0 Å². The number of nitrogens with one attached hydrogen (secondary N) is 1. The maximum Gasteiger partial charge on any atom is 0.407 e. The maximum atomic E-state index is 14.5. The summed E-state index contributed by atoms with van der Waals surface area (Å²) in [4.78, 5) is 22.3. The van der Waals surface area contributed by atoms with Crippen LogP contribution in [-0.2, 0) is 4.74 Å². The number of fused-ring (bicyclic) bond motifs is 1. The summed E-state index contributed by atoms with van der Waals surface area (Å²) in [5.41, 5.74) is 0.853. The van der Waals surface area contributed by atoms with Crippen LogP contribution in [0.3, 0.4) is 0 Å². The van der Waals surface area contributed by atoms with Gasteiger partial charge in [0.15, 0.2) is 5.82 Å². The average Bonchev–Trinajstić information content (AvgIpc) is 3.00. The number of carbonyl (C=O) groups is 1. The minimum absolute atomic E-state index is 0.127. The molecule has 0 aliphatic carbocycles. The lowest BCUT2D eigenvalue weighted by atomic mass is 10.2. The number of carbonyl (C=O) groups excluding carboxylic acids is 1. The number of hydrogen-bond acceptors (Lipinski definition) is 6. The molecule has 0 unspecified atom stereocenters. The summed E-state index contributed by atoms with van der Waals surface area (Å²) in [7, 11) is 1.51. The number of rotatable bonds is 3. The fourth-order valence-corrected chi connectivity index (χ4v) is 2.98. The molecule has 8 heteroatoms. The lowest BCUT2D eigenvalue weighted by Crippen LogP contribution is -2.40. The van der Waals surface area contributed by atoms with Crippen molar-refractivity contribution >= 4 is 22.8 Å². The van der Waals surface area contributed by atoms with Crippen molar-refractivity contribution in [2.24, 2.45) is 0 Å². The summed E-state index contributed by atoms with van der Waals surface area (Å²) >= 11 is 0. The first-order chi connectivity index (χ1) is 12.3. The van der Waals surface area contributed by atoms with E-state index in [0.717, 1.165) is 0 Å². The van der Waals surface area contributed by atoms with Gasteiger partial charge < -0.3 is 19.7 Å². The van der Waals surface area contributed by atoms with Gasteiger partial charge in [-0.15, -0.1) is 0 Å².